The van der Waals surface area contributed by atoms with E-state index in [1.54, 1.807) is 11.9 Å². The Morgan fingerprint density at radius 3 is 2.38 bits per heavy atom. The van der Waals surface area contributed by atoms with Crippen LogP contribution in [0.5, 0.6) is 0 Å². The van der Waals surface area contributed by atoms with E-state index in [-0.39, 0.29) is 17.9 Å². The minimum absolute atomic E-state index is 0.0268. The number of nitrogens with zero attached hydrogens (tertiary/aromatic N) is 1. The summed E-state index contributed by atoms with van der Waals surface area (Å²) in [5.41, 5.74) is 1.10. The van der Waals surface area contributed by atoms with Crippen LogP contribution in [0.3, 0.4) is 0 Å². The van der Waals surface area contributed by atoms with Gasteiger partial charge in [-0.2, -0.15) is 0 Å². The van der Waals surface area contributed by atoms with Gasteiger partial charge in [0.25, 0.3) is 11.8 Å². The molecule has 1 atom stereocenters. The third kappa shape index (κ3) is 6.90. The Morgan fingerprint density at radius 2 is 1.81 bits per heavy atom. The van der Waals surface area contributed by atoms with Crippen LogP contribution in [-0.4, -0.2) is 49.9 Å². The normalized spacial score (nSPS) is 12.0. The molecule has 0 spiro atoms. The molecule has 0 aliphatic heterocycles. The summed E-state index contributed by atoms with van der Waals surface area (Å²) in [7, 11) is 3.64. The molecule has 0 saturated carbocycles. The number of hydrogen-bond donors (Lipinski definition) is 2. The molecule has 0 heterocycles. The number of likely N-dealkylation sites (N-methyl/N-ethyl adjacent to an activating group) is 2. The van der Waals surface area contributed by atoms with Crippen molar-refractivity contribution in [3.63, 3.8) is 0 Å². The SMILES string of the molecule is CC(C)NC(=O)C[NH+](C)CC(=O)N(C)Cc1ccccc1. The number of carbonyl (C=O) groups is 2. The van der Waals surface area contributed by atoms with Gasteiger partial charge in [-0.1, -0.05) is 30.3 Å². The maximum absolute atomic E-state index is 12.1. The lowest BCUT2D eigenvalue weighted by Gasteiger charge is -2.20. The van der Waals surface area contributed by atoms with E-state index in [1.807, 2.05) is 51.2 Å². The number of nitrogens with one attached hydrogen (secondary N) is 2. The van der Waals surface area contributed by atoms with Crippen LogP contribution in [0.1, 0.15) is 19.4 Å². The van der Waals surface area contributed by atoms with E-state index in [9.17, 15) is 9.59 Å². The van der Waals surface area contributed by atoms with Crippen LogP contribution in [0.15, 0.2) is 30.3 Å². The highest BCUT2D eigenvalue weighted by atomic mass is 16.2. The van der Waals surface area contributed by atoms with Crippen molar-refractivity contribution in [1.29, 1.82) is 0 Å². The molecule has 0 aliphatic rings. The highest BCUT2D eigenvalue weighted by Crippen LogP contribution is 2.01. The van der Waals surface area contributed by atoms with Gasteiger partial charge in [-0.15, -0.1) is 0 Å². The van der Waals surface area contributed by atoms with Crippen molar-refractivity contribution in [2.75, 3.05) is 27.2 Å². The third-order valence-corrected chi connectivity index (χ3v) is 3.05. The largest absolute Gasteiger partial charge is 0.349 e. The maximum atomic E-state index is 12.1. The lowest BCUT2D eigenvalue weighted by atomic mass is 10.2. The molecule has 0 saturated heterocycles. The van der Waals surface area contributed by atoms with Crippen molar-refractivity contribution in [2.24, 2.45) is 0 Å². The van der Waals surface area contributed by atoms with Crippen molar-refractivity contribution >= 4 is 11.8 Å². The molecule has 0 bridgehead atoms. The quantitative estimate of drug-likeness (QED) is 0.724. The fourth-order valence-corrected chi connectivity index (χ4v) is 2.05. The molecule has 21 heavy (non-hydrogen) atoms. The number of amides is 2. The summed E-state index contributed by atoms with van der Waals surface area (Å²) in [6.07, 6.45) is 0. The van der Waals surface area contributed by atoms with Crippen LogP contribution in [0.4, 0.5) is 0 Å². The first kappa shape index (κ1) is 17.2. The lowest BCUT2D eigenvalue weighted by Crippen LogP contribution is -3.11. The molecule has 1 rings (SSSR count). The van der Waals surface area contributed by atoms with Crippen LogP contribution in [0.25, 0.3) is 0 Å². The predicted molar refractivity (Wildman–Crippen MR) is 82.8 cm³/mol. The van der Waals surface area contributed by atoms with E-state index in [2.05, 4.69) is 5.32 Å². The Morgan fingerprint density at radius 1 is 1.19 bits per heavy atom. The van der Waals surface area contributed by atoms with Crippen LogP contribution >= 0.6 is 0 Å². The van der Waals surface area contributed by atoms with Crippen molar-refractivity contribution in [3.05, 3.63) is 35.9 Å². The molecule has 116 valence electrons. The van der Waals surface area contributed by atoms with Crippen LogP contribution in [0.2, 0.25) is 0 Å². The summed E-state index contributed by atoms with van der Waals surface area (Å²) in [5, 5.41) is 2.83. The van der Waals surface area contributed by atoms with E-state index >= 15 is 0 Å². The van der Waals surface area contributed by atoms with E-state index in [4.69, 9.17) is 0 Å². The molecule has 2 amide bonds. The van der Waals surface area contributed by atoms with Crippen LogP contribution in [0, 0.1) is 0 Å². The molecule has 1 aromatic rings. The molecule has 0 aromatic heterocycles. The van der Waals surface area contributed by atoms with Gasteiger partial charge in [0.1, 0.15) is 0 Å². The summed E-state index contributed by atoms with van der Waals surface area (Å²) in [6, 6.07) is 9.99. The molecular formula is C16H26N3O2+. The van der Waals surface area contributed by atoms with Gasteiger partial charge in [-0.05, 0) is 19.4 Å². The van der Waals surface area contributed by atoms with E-state index in [1.165, 1.54) is 0 Å². The second-order valence-corrected chi connectivity index (χ2v) is 5.77. The number of hydrogen-bond acceptors (Lipinski definition) is 2. The van der Waals surface area contributed by atoms with E-state index in [0.717, 1.165) is 10.5 Å². The number of rotatable bonds is 7. The van der Waals surface area contributed by atoms with Gasteiger partial charge in [0.05, 0.1) is 7.05 Å². The maximum Gasteiger partial charge on any atom is 0.277 e. The lowest BCUT2D eigenvalue weighted by molar-refractivity contribution is -0.863. The number of quaternary nitrogens is 1. The second-order valence-electron chi connectivity index (χ2n) is 5.77. The minimum atomic E-state index is -0.0268. The van der Waals surface area contributed by atoms with Crippen molar-refractivity contribution < 1.29 is 14.5 Å². The summed E-state index contributed by atoms with van der Waals surface area (Å²) < 4.78 is 0. The Bertz CT molecular complexity index is 460. The first-order valence-electron chi connectivity index (χ1n) is 7.27. The molecule has 0 fully saturated rings. The summed E-state index contributed by atoms with van der Waals surface area (Å²) in [4.78, 5) is 26.4. The zero-order chi connectivity index (χ0) is 15.8. The topological polar surface area (TPSA) is 53.9 Å². The van der Waals surface area contributed by atoms with Crippen molar-refractivity contribution in [3.8, 4) is 0 Å². The molecule has 5 heteroatoms. The molecule has 5 nitrogen and oxygen atoms in total. The summed E-state index contributed by atoms with van der Waals surface area (Å²) in [6.45, 7) is 5.06. The fraction of sp³-hybridized carbons (Fsp3) is 0.500. The van der Waals surface area contributed by atoms with Crippen molar-refractivity contribution in [1.82, 2.24) is 10.2 Å². The first-order valence-corrected chi connectivity index (χ1v) is 7.27. The summed E-state index contributed by atoms with van der Waals surface area (Å²) >= 11 is 0. The van der Waals surface area contributed by atoms with Crippen LogP contribution < -0.4 is 10.2 Å². The van der Waals surface area contributed by atoms with Gasteiger partial charge in [-0.25, -0.2) is 0 Å². The number of carbonyl (C=O) groups excluding carboxylic acids is 2. The Kier molecular flexibility index (Phi) is 6.88. The molecule has 0 aliphatic carbocycles. The highest BCUT2D eigenvalue weighted by molar-refractivity contribution is 5.79. The molecular weight excluding hydrogens is 266 g/mol. The fourth-order valence-electron chi connectivity index (χ4n) is 2.05. The van der Waals surface area contributed by atoms with Crippen molar-refractivity contribution in [2.45, 2.75) is 26.4 Å². The Hall–Kier alpha value is -1.88. The Balaban J connectivity index is 2.39. The van der Waals surface area contributed by atoms with Gasteiger partial charge in [-0.3, -0.25) is 9.59 Å². The monoisotopic (exact) mass is 292 g/mol. The number of benzene rings is 1. The third-order valence-electron chi connectivity index (χ3n) is 3.05. The van der Waals surface area contributed by atoms with Gasteiger partial charge in [0.15, 0.2) is 13.1 Å². The van der Waals surface area contributed by atoms with Gasteiger partial charge in [0.2, 0.25) is 0 Å². The van der Waals surface area contributed by atoms with Gasteiger partial charge >= 0.3 is 0 Å². The second kappa shape index (κ2) is 8.42. The molecule has 2 N–H and O–H groups in total. The van der Waals surface area contributed by atoms with Crippen LogP contribution in [-0.2, 0) is 16.1 Å². The standard InChI is InChI=1S/C16H25N3O2/c1-13(2)17-15(20)11-18(3)12-16(21)19(4)10-14-8-6-5-7-9-14/h5-9,13H,10-12H2,1-4H3,(H,17,20)/p+1. The zero-order valence-corrected chi connectivity index (χ0v) is 13.3. The van der Waals surface area contributed by atoms with E-state index in [0.29, 0.717) is 19.6 Å². The highest BCUT2D eigenvalue weighted by Gasteiger charge is 2.17. The predicted octanol–water partition coefficient (Wildman–Crippen LogP) is -0.316. The average Bonchev–Trinajstić information content (AvgIpc) is 2.38. The minimum Gasteiger partial charge on any atom is -0.349 e. The summed E-state index contributed by atoms with van der Waals surface area (Å²) in [5.74, 6) is 0.00899. The Labute approximate surface area is 126 Å². The zero-order valence-electron chi connectivity index (χ0n) is 13.3. The van der Waals surface area contributed by atoms with Gasteiger partial charge in [0, 0.05) is 19.6 Å². The first-order chi connectivity index (χ1) is 9.88. The molecule has 0 radical (unpaired) electrons. The smallest absolute Gasteiger partial charge is 0.277 e. The molecule has 1 unspecified atom stereocenters. The van der Waals surface area contributed by atoms with E-state index < -0.39 is 0 Å². The average molecular weight is 292 g/mol. The molecule has 1 aromatic carbocycles. The van der Waals surface area contributed by atoms with Gasteiger partial charge < -0.3 is 15.1 Å².